The Bertz CT molecular complexity index is 2900. The molecule has 0 fully saturated rings. The van der Waals surface area contributed by atoms with E-state index in [-0.39, 0.29) is 6.71 Å². The van der Waals surface area contributed by atoms with E-state index in [1.54, 1.807) is 0 Å². The zero-order valence-corrected chi connectivity index (χ0v) is 37.5. The van der Waals surface area contributed by atoms with Crippen molar-refractivity contribution in [2.75, 3.05) is 4.90 Å². The van der Waals surface area contributed by atoms with Crippen LogP contribution in [0.3, 0.4) is 0 Å². The summed E-state index contributed by atoms with van der Waals surface area (Å²) in [7, 11) is -1.43. The molecule has 62 heavy (non-hydrogen) atoms. The summed E-state index contributed by atoms with van der Waals surface area (Å²) in [6.07, 6.45) is 0. The number of para-hydroxylation sites is 4. The second-order valence-corrected chi connectivity index (χ2v) is 20.7. The highest BCUT2D eigenvalue weighted by atomic mass is 28.3. The van der Waals surface area contributed by atoms with Gasteiger partial charge in [0.25, 0.3) is 0 Å². The summed E-state index contributed by atoms with van der Waals surface area (Å²) in [6.45, 7) is 14.3. The Morgan fingerprint density at radius 3 is 1.55 bits per heavy atom. The summed E-state index contributed by atoms with van der Waals surface area (Å²) in [5, 5.41) is 4.38. The lowest BCUT2D eigenvalue weighted by Gasteiger charge is -2.48. The van der Waals surface area contributed by atoms with E-state index in [0.717, 1.165) is 11.5 Å². The number of ether oxygens (including phenoxy) is 1. The normalized spacial score (nSPS) is 14.5. The smallest absolute Gasteiger partial charge is 0.241 e. The average Bonchev–Trinajstić information content (AvgIpc) is 3.30. The lowest BCUT2D eigenvalue weighted by Crippen LogP contribution is -2.75. The molecule has 11 rings (SSSR count). The fourth-order valence-electron chi connectivity index (χ4n) is 11.1. The Labute approximate surface area is 369 Å². The molecule has 3 heterocycles. The summed E-state index contributed by atoms with van der Waals surface area (Å²) in [6, 6.07) is 68.8. The van der Waals surface area contributed by atoms with E-state index in [1.165, 1.54) is 88.0 Å². The molecule has 0 unspecified atom stereocenters. The van der Waals surface area contributed by atoms with Gasteiger partial charge in [0.15, 0.2) is 8.80 Å². The molecule has 0 aromatic heterocycles. The van der Waals surface area contributed by atoms with Crippen molar-refractivity contribution in [2.45, 2.75) is 64.7 Å². The van der Waals surface area contributed by atoms with Crippen LogP contribution in [-0.2, 0) is 5.41 Å². The third kappa shape index (κ3) is 5.69. The minimum Gasteiger partial charge on any atom is -0.457 e. The van der Waals surface area contributed by atoms with Gasteiger partial charge in [-0.25, -0.2) is 0 Å². The van der Waals surface area contributed by atoms with E-state index in [4.69, 9.17) is 4.74 Å². The van der Waals surface area contributed by atoms with E-state index >= 15 is 0 Å². The molecule has 0 N–H and O–H groups in total. The molecule has 0 amide bonds. The predicted octanol–water partition coefficient (Wildman–Crippen LogP) is 10.7. The Balaban J connectivity index is 1.19. The second kappa shape index (κ2) is 14.9. The number of nitrogens with zero attached hydrogens (tertiary/aromatic N) is 1. The van der Waals surface area contributed by atoms with Crippen molar-refractivity contribution in [3.05, 3.63) is 221 Å². The highest BCUT2D eigenvalue weighted by molar-refractivity contribution is 7.11. The monoisotopic (exact) mass is 816 g/mol. The molecule has 8 aromatic carbocycles. The summed E-state index contributed by atoms with van der Waals surface area (Å²) in [5.74, 6) is 3.02. The van der Waals surface area contributed by atoms with Crippen LogP contribution in [0.4, 0.5) is 17.1 Å². The number of anilines is 3. The van der Waals surface area contributed by atoms with Crippen molar-refractivity contribution >= 4 is 64.5 Å². The number of benzene rings is 8. The largest absolute Gasteiger partial charge is 0.457 e. The van der Waals surface area contributed by atoms with Crippen molar-refractivity contribution in [3.63, 3.8) is 0 Å². The van der Waals surface area contributed by atoms with Gasteiger partial charge < -0.3 is 9.64 Å². The maximum Gasteiger partial charge on any atom is 0.241 e. The lowest BCUT2D eigenvalue weighted by atomic mass is 9.34. The van der Waals surface area contributed by atoms with Gasteiger partial charge in [-0.05, 0) is 82.0 Å². The molecular formula is C58H51BNOSi. The van der Waals surface area contributed by atoms with Crippen LogP contribution in [0, 0.1) is 0 Å². The molecule has 0 atom stereocenters. The summed E-state index contributed by atoms with van der Waals surface area (Å²) in [4.78, 5) is 2.55. The SMILES string of the molecule is CC(C)c1cc(C(C)C)c(B2c3ccccc3[Si](c3ccccc3)c3cc(N4c5ccccc5C5(c6ccccc6Oc6ccccc65)c5ccccc54)ccc32)c(C(C)C)c1. The molecule has 0 bridgehead atoms. The molecule has 2 nitrogen and oxygen atoms in total. The minimum absolute atomic E-state index is 0.114. The Morgan fingerprint density at radius 1 is 0.468 bits per heavy atom. The highest BCUT2D eigenvalue weighted by Gasteiger charge is 2.51. The molecule has 301 valence electrons. The van der Waals surface area contributed by atoms with Crippen molar-refractivity contribution < 1.29 is 4.74 Å². The van der Waals surface area contributed by atoms with Gasteiger partial charge in [-0.2, -0.15) is 0 Å². The zero-order chi connectivity index (χ0) is 42.3. The van der Waals surface area contributed by atoms with Crippen LogP contribution < -0.4 is 41.6 Å². The molecule has 0 aliphatic carbocycles. The first-order valence-electron chi connectivity index (χ1n) is 22.5. The summed E-state index contributed by atoms with van der Waals surface area (Å²) in [5.41, 5.74) is 16.6. The number of hydrogen-bond acceptors (Lipinski definition) is 2. The van der Waals surface area contributed by atoms with Crippen LogP contribution in [-0.4, -0.2) is 15.5 Å². The molecule has 3 aliphatic heterocycles. The van der Waals surface area contributed by atoms with Gasteiger partial charge in [0.05, 0.1) is 16.8 Å². The maximum atomic E-state index is 6.69. The first-order chi connectivity index (χ1) is 30.3. The number of rotatable bonds is 6. The topological polar surface area (TPSA) is 12.5 Å². The van der Waals surface area contributed by atoms with Crippen LogP contribution in [0.2, 0.25) is 0 Å². The van der Waals surface area contributed by atoms with Gasteiger partial charge in [-0.1, -0.05) is 219 Å². The van der Waals surface area contributed by atoms with Crippen molar-refractivity contribution in [1.29, 1.82) is 0 Å². The minimum atomic E-state index is -1.43. The quantitative estimate of drug-likeness (QED) is 0.155. The first kappa shape index (κ1) is 38.6. The molecule has 4 heteroatoms. The van der Waals surface area contributed by atoms with Gasteiger partial charge >= 0.3 is 0 Å². The number of fused-ring (bicyclic) bond motifs is 10. The second-order valence-electron chi connectivity index (χ2n) is 18.3. The maximum absolute atomic E-state index is 6.69. The zero-order valence-electron chi connectivity index (χ0n) is 36.5. The van der Waals surface area contributed by atoms with Crippen LogP contribution in [0.15, 0.2) is 182 Å². The van der Waals surface area contributed by atoms with E-state index in [2.05, 4.69) is 228 Å². The average molecular weight is 817 g/mol. The van der Waals surface area contributed by atoms with Crippen LogP contribution >= 0.6 is 0 Å². The van der Waals surface area contributed by atoms with E-state index in [9.17, 15) is 0 Å². The molecule has 0 saturated carbocycles. The highest BCUT2D eigenvalue weighted by Crippen LogP contribution is 2.62. The predicted molar refractivity (Wildman–Crippen MR) is 264 cm³/mol. The molecule has 3 aliphatic rings. The fraction of sp³-hybridized carbons (Fsp3) is 0.172. The fourth-order valence-corrected chi connectivity index (χ4v) is 14.1. The molecular weight excluding hydrogens is 766 g/mol. The van der Waals surface area contributed by atoms with Crippen LogP contribution in [0.5, 0.6) is 11.5 Å². The van der Waals surface area contributed by atoms with Gasteiger partial charge in [0.2, 0.25) is 6.71 Å². The first-order valence-corrected chi connectivity index (χ1v) is 24.0. The van der Waals surface area contributed by atoms with Gasteiger partial charge in [-0.15, -0.1) is 0 Å². The molecule has 1 radical (unpaired) electrons. The van der Waals surface area contributed by atoms with Crippen LogP contribution in [0.25, 0.3) is 0 Å². The Hall–Kier alpha value is -6.36. The molecule has 0 saturated heterocycles. The van der Waals surface area contributed by atoms with Gasteiger partial charge in [-0.3, -0.25) is 0 Å². The van der Waals surface area contributed by atoms with Crippen LogP contribution in [0.1, 0.15) is 98.2 Å². The van der Waals surface area contributed by atoms with E-state index in [1.807, 2.05) is 0 Å². The van der Waals surface area contributed by atoms with Crippen molar-refractivity contribution in [3.8, 4) is 11.5 Å². The van der Waals surface area contributed by atoms with Crippen molar-refractivity contribution in [2.24, 2.45) is 0 Å². The molecule has 1 spiro atoms. The van der Waals surface area contributed by atoms with Gasteiger partial charge in [0.1, 0.15) is 11.5 Å². The standard InChI is InChI=1S/C58H51BNOSi/c1-37(2)40-34-43(38(3)4)57(44(35-40)39(5)6)59-49-26-14-19-31-55(49)62(42-20-8-7-9-21-42)56-36-41(32-33-50(56)59)60-51-27-15-10-22-45(51)58(46-23-11-16-28-52(46)60)47-24-12-17-29-53(47)61-54-30-18-13-25-48(54)58/h7-39H,1-6H3. The number of hydrogen-bond donors (Lipinski definition) is 0. The Morgan fingerprint density at radius 2 is 0.968 bits per heavy atom. The Kier molecular flexibility index (Phi) is 9.28. The molecule has 8 aromatic rings. The summed E-state index contributed by atoms with van der Waals surface area (Å²) >= 11 is 0. The third-order valence-electron chi connectivity index (χ3n) is 13.8. The van der Waals surface area contributed by atoms with E-state index < -0.39 is 14.2 Å². The van der Waals surface area contributed by atoms with Crippen molar-refractivity contribution in [1.82, 2.24) is 0 Å². The lowest BCUT2D eigenvalue weighted by molar-refractivity contribution is 0.434. The van der Waals surface area contributed by atoms with E-state index in [0.29, 0.717) is 17.8 Å². The summed E-state index contributed by atoms with van der Waals surface area (Å²) < 4.78 is 6.69. The van der Waals surface area contributed by atoms with Gasteiger partial charge in [0, 0.05) is 16.8 Å². The third-order valence-corrected chi connectivity index (χ3v) is 16.7.